The Labute approximate surface area is 102 Å². The van der Waals surface area contributed by atoms with Crippen LogP contribution in [0.2, 0.25) is 0 Å². The normalized spacial score (nSPS) is 18.7. The highest BCUT2D eigenvalue weighted by Gasteiger charge is 2.17. The number of carbonyl (C=O) groups is 1. The third kappa shape index (κ3) is 5.30. The van der Waals surface area contributed by atoms with Crippen molar-refractivity contribution in [3.8, 4) is 0 Å². The average molecular weight is 243 g/mol. The molecule has 0 amide bonds. The van der Waals surface area contributed by atoms with Gasteiger partial charge in [-0.25, -0.2) is 4.79 Å². The van der Waals surface area contributed by atoms with Crippen LogP contribution in [-0.4, -0.2) is 50.0 Å². The van der Waals surface area contributed by atoms with Crippen molar-refractivity contribution in [3.05, 3.63) is 12.2 Å². The van der Waals surface area contributed by atoms with Gasteiger partial charge >= 0.3 is 5.97 Å². The zero-order valence-electron chi connectivity index (χ0n) is 10.6. The van der Waals surface area contributed by atoms with Gasteiger partial charge in [0.15, 0.2) is 0 Å². The minimum atomic E-state index is -0.367. The molecule has 1 heterocycles. The van der Waals surface area contributed by atoms with Crippen molar-refractivity contribution in [3.63, 3.8) is 0 Å². The summed E-state index contributed by atoms with van der Waals surface area (Å²) in [6.45, 7) is 10.3. The zero-order valence-corrected chi connectivity index (χ0v) is 10.6. The van der Waals surface area contributed by atoms with Crippen molar-refractivity contribution >= 4 is 5.97 Å². The summed E-state index contributed by atoms with van der Waals surface area (Å²) in [4.78, 5) is 17.0. The fourth-order valence-electron chi connectivity index (χ4n) is 1.38. The molecule has 0 aromatic carbocycles. The number of nitrogens with zero attached hydrogens (tertiary/aromatic N) is 1. The largest absolute Gasteiger partial charge is 0.460 e. The van der Waals surface area contributed by atoms with Gasteiger partial charge in [-0.05, 0) is 13.3 Å². The van der Waals surface area contributed by atoms with Crippen molar-refractivity contribution in [2.45, 2.75) is 26.4 Å². The molecule has 1 atom stereocenters. The van der Waals surface area contributed by atoms with E-state index in [2.05, 4.69) is 6.58 Å². The second-order valence-electron chi connectivity index (χ2n) is 4.06. The molecule has 1 saturated heterocycles. The highest BCUT2D eigenvalue weighted by atomic mass is 16.7. The van der Waals surface area contributed by atoms with Crippen LogP contribution in [0.3, 0.4) is 0 Å². The maximum absolute atomic E-state index is 11.2. The first-order valence-electron chi connectivity index (χ1n) is 5.95. The molecule has 0 saturated carbocycles. The number of hydrogen-bond donors (Lipinski definition) is 0. The molecule has 0 aliphatic carbocycles. The number of hydrogen-bond acceptors (Lipinski definition) is 5. The van der Waals surface area contributed by atoms with Gasteiger partial charge in [0.2, 0.25) is 0 Å². The predicted molar refractivity (Wildman–Crippen MR) is 63.3 cm³/mol. The van der Waals surface area contributed by atoms with E-state index in [-0.39, 0.29) is 18.7 Å². The fraction of sp³-hybridized carbons (Fsp3) is 0.750. The van der Waals surface area contributed by atoms with Gasteiger partial charge in [0.1, 0.15) is 12.7 Å². The fourth-order valence-corrected chi connectivity index (χ4v) is 1.38. The van der Waals surface area contributed by atoms with Crippen molar-refractivity contribution in [1.82, 2.24) is 5.06 Å². The molecule has 1 aliphatic rings. The Bertz CT molecular complexity index is 261. The summed E-state index contributed by atoms with van der Waals surface area (Å²) < 4.78 is 10.3. The quantitative estimate of drug-likeness (QED) is 0.517. The van der Waals surface area contributed by atoms with Gasteiger partial charge in [-0.2, -0.15) is 5.06 Å². The molecule has 0 N–H and O–H groups in total. The molecule has 5 nitrogen and oxygen atoms in total. The number of esters is 1. The minimum absolute atomic E-state index is 0.101. The standard InChI is InChI=1S/C12H21NO4/c1-4-11(9-16-12(14)10(2)3)17-13-5-7-15-8-6-13/h11H,2,4-9H2,1,3H3. The second kappa shape index (κ2) is 7.42. The molecule has 5 heteroatoms. The predicted octanol–water partition coefficient (Wildman–Crippen LogP) is 1.15. The molecule has 0 spiro atoms. The maximum atomic E-state index is 11.2. The summed E-state index contributed by atoms with van der Waals surface area (Å²) in [7, 11) is 0. The lowest BCUT2D eigenvalue weighted by Crippen LogP contribution is -2.40. The Morgan fingerprint density at radius 1 is 1.47 bits per heavy atom. The second-order valence-corrected chi connectivity index (χ2v) is 4.06. The Hall–Kier alpha value is -0.910. The Kier molecular flexibility index (Phi) is 6.18. The van der Waals surface area contributed by atoms with Gasteiger partial charge in [-0.3, -0.25) is 4.84 Å². The summed E-state index contributed by atoms with van der Waals surface area (Å²) in [6.07, 6.45) is 0.692. The molecule has 98 valence electrons. The van der Waals surface area contributed by atoms with E-state index in [4.69, 9.17) is 14.3 Å². The third-order valence-corrected chi connectivity index (χ3v) is 2.47. The number of carbonyl (C=O) groups excluding carboxylic acids is 1. The van der Waals surface area contributed by atoms with Crippen LogP contribution in [0.1, 0.15) is 20.3 Å². The maximum Gasteiger partial charge on any atom is 0.333 e. The summed E-state index contributed by atoms with van der Waals surface area (Å²) in [5.41, 5.74) is 0.409. The van der Waals surface area contributed by atoms with Gasteiger partial charge in [-0.1, -0.05) is 13.5 Å². The van der Waals surface area contributed by atoms with E-state index in [1.54, 1.807) is 6.92 Å². The van der Waals surface area contributed by atoms with Crippen LogP contribution in [0, 0.1) is 0 Å². The number of ether oxygens (including phenoxy) is 2. The van der Waals surface area contributed by atoms with Crippen LogP contribution in [0.5, 0.6) is 0 Å². The summed E-state index contributed by atoms with van der Waals surface area (Å²) in [6, 6.07) is 0. The molecule has 0 bridgehead atoms. The van der Waals surface area contributed by atoms with E-state index in [1.165, 1.54) is 0 Å². The summed E-state index contributed by atoms with van der Waals surface area (Å²) in [5, 5.41) is 1.87. The van der Waals surface area contributed by atoms with Gasteiger partial charge in [0.25, 0.3) is 0 Å². The lowest BCUT2D eigenvalue weighted by atomic mass is 10.3. The molecule has 1 aliphatic heterocycles. The third-order valence-electron chi connectivity index (χ3n) is 2.47. The van der Waals surface area contributed by atoms with Gasteiger partial charge in [0, 0.05) is 18.7 Å². The topological polar surface area (TPSA) is 48.0 Å². The van der Waals surface area contributed by atoms with Crippen molar-refractivity contribution in [1.29, 1.82) is 0 Å². The highest BCUT2D eigenvalue weighted by molar-refractivity contribution is 5.86. The van der Waals surface area contributed by atoms with Crippen LogP contribution in [0.4, 0.5) is 0 Å². The molecule has 1 unspecified atom stereocenters. The van der Waals surface area contributed by atoms with E-state index < -0.39 is 0 Å². The van der Waals surface area contributed by atoms with Crippen LogP contribution in [0.15, 0.2) is 12.2 Å². The van der Waals surface area contributed by atoms with E-state index in [0.717, 1.165) is 19.5 Å². The van der Waals surface area contributed by atoms with E-state index in [0.29, 0.717) is 18.8 Å². The van der Waals surface area contributed by atoms with E-state index >= 15 is 0 Å². The van der Waals surface area contributed by atoms with Crippen molar-refractivity contribution in [2.24, 2.45) is 0 Å². The molecule has 0 radical (unpaired) electrons. The Morgan fingerprint density at radius 3 is 2.65 bits per heavy atom. The molecule has 0 aromatic heterocycles. The number of hydroxylamine groups is 2. The van der Waals surface area contributed by atoms with E-state index in [1.807, 2.05) is 12.0 Å². The van der Waals surface area contributed by atoms with Gasteiger partial charge in [0.05, 0.1) is 13.2 Å². The lowest BCUT2D eigenvalue weighted by molar-refractivity contribution is -0.234. The number of rotatable bonds is 6. The number of morpholine rings is 1. The van der Waals surface area contributed by atoms with Crippen LogP contribution >= 0.6 is 0 Å². The van der Waals surface area contributed by atoms with Gasteiger partial charge in [-0.15, -0.1) is 0 Å². The Morgan fingerprint density at radius 2 is 2.12 bits per heavy atom. The summed E-state index contributed by atoms with van der Waals surface area (Å²) >= 11 is 0. The molecule has 1 rings (SSSR count). The SMILES string of the molecule is C=C(C)C(=O)OCC(CC)ON1CCOCC1. The molecule has 0 aromatic rings. The zero-order chi connectivity index (χ0) is 12.7. The van der Waals surface area contributed by atoms with Crippen molar-refractivity contribution < 1.29 is 19.1 Å². The molecular formula is C12H21NO4. The first-order chi connectivity index (χ1) is 8.13. The van der Waals surface area contributed by atoms with Gasteiger partial charge < -0.3 is 9.47 Å². The van der Waals surface area contributed by atoms with E-state index in [9.17, 15) is 4.79 Å². The van der Waals surface area contributed by atoms with Crippen LogP contribution in [0.25, 0.3) is 0 Å². The monoisotopic (exact) mass is 243 g/mol. The molecular weight excluding hydrogens is 222 g/mol. The van der Waals surface area contributed by atoms with Crippen LogP contribution < -0.4 is 0 Å². The summed E-state index contributed by atoms with van der Waals surface area (Å²) in [5.74, 6) is -0.367. The first kappa shape index (κ1) is 14.2. The highest BCUT2D eigenvalue weighted by Crippen LogP contribution is 2.06. The smallest absolute Gasteiger partial charge is 0.333 e. The average Bonchev–Trinajstić information content (AvgIpc) is 2.35. The lowest BCUT2D eigenvalue weighted by Gasteiger charge is -2.29. The van der Waals surface area contributed by atoms with Crippen LogP contribution in [-0.2, 0) is 19.1 Å². The first-order valence-corrected chi connectivity index (χ1v) is 5.95. The van der Waals surface area contributed by atoms with Crippen molar-refractivity contribution in [2.75, 3.05) is 32.9 Å². The molecule has 17 heavy (non-hydrogen) atoms. The molecule has 1 fully saturated rings. The minimum Gasteiger partial charge on any atom is -0.460 e. The Balaban J connectivity index is 2.27.